The Balaban J connectivity index is 1.37. The zero-order valence-electron chi connectivity index (χ0n) is 17.7. The normalized spacial score (nSPS) is 18.1. The van der Waals surface area contributed by atoms with Crippen molar-refractivity contribution in [3.8, 4) is 17.5 Å². The highest BCUT2D eigenvalue weighted by Crippen LogP contribution is 2.42. The summed E-state index contributed by atoms with van der Waals surface area (Å²) in [4.78, 5) is 18.0. The monoisotopic (exact) mass is 434 g/mol. The second kappa shape index (κ2) is 8.04. The first-order chi connectivity index (χ1) is 15.1. The molecule has 2 heterocycles. The average Bonchev–Trinajstić information content (AvgIpc) is 3.43. The van der Waals surface area contributed by atoms with Crippen LogP contribution in [0.4, 0.5) is 0 Å². The molecule has 0 saturated heterocycles. The van der Waals surface area contributed by atoms with Gasteiger partial charge in [-0.25, -0.2) is 0 Å². The fourth-order valence-corrected chi connectivity index (χ4v) is 5.52. The maximum Gasteiger partial charge on any atom is 0.234 e. The molecular weight excluding hydrogens is 408 g/mol. The molecule has 7 nitrogen and oxygen atoms in total. The van der Waals surface area contributed by atoms with Gasteiger partial charge in [0.2, 0.25) is 5.91 Å². The predicted octanol–water partition coefficient (Wildman–Crippen LogP) is 4.54. The number of fused-ring (bicyclic) bond motifs is 1. The number of aromatic amines is 1. The molecule has 2 aliphatic carbocycles. The summed E-state index contributed by atoms with van der Waals surface area (Å²) in [6.07, 6.45) is 8.87. The van der Waals surface area contributed by atoms with Gasteiger partial charge >= 0.3 is 0 Å². The number of H-pyrrole nitrogens is 1. The quantitative estimate of drug-likeness (QED) is 0.575. The van der Waals surface area contributed by atoms with Gasteiger partial charge in [-0.05, 0) is 31.7 Å². The fourth-order valence-electron chi connectivity index (χ4n) is 4.60. The topological polar surface area (TPSA) is 90.6 Å². The van der Waals surface area contributed by atoms with Crippen molar-refractivity contribution in [3.05, 3.63) is 30.5 Å². The molecule has 2 aliphatic rings. The fraction of sp³-hybridized carbons (Fsp3) is 0.478. The lowest BCUT2D eigenvalue weighted by Crippen LogP contribution is -2.50. The molecule has 2 aromatic heterocycles. The highest BCUT2D eigenvalue weighted by Gasteiger charge is 2.39. The molecule has 0 spiro atoms. The van der Waals surface area contributed by atoms with Gasteiger partial charge in [-0.15, -0.1) is 10.2 Å². The summed E-state index contributed by atoms with van der Waals surface area (Å²) >= 11 is 1.43. The van der Waals surface area contributed by atoms with Crippen molar-refractivity contribution >= 4 is 28.6 Å². The van der Waals surface area contributed by atoms with E-state index < -0.39 is 5.54 Å². The van der Waals surface area contributed by atoms with Crippen molar-refractivity contribution in [2.24, 2.45) is 0 Å². The van der Waals surface area contributed by atoms with Gasteiger partial charge in [0.15, 0.2) is 11.0 Å². The van der Waals surface area contributed by atoms with Crippen LogP contribution in [0.5, 0.6) is 0 Å². The molecule has 2 saturated carbocycles. The van der Waals surface area contributed by atoms with Gasteiger partial charge in [0, 0.05) is 35.8 Å². The Morgan fingerprint density at radius 2 is 2.06 bits per heavy atom. The molecular formula is C23H26N6OS. The van der Waals surface area contributed by atoms with Crippen molar-refractivity contribution in [1.29, 1.82) is 5.26 Å². The lowest BCUT2D eigenvalue weighted by molar-refractivity contribution is -0.131. The summed E-state index contributed by atoms with van der Waals surface area (Å²) in [5.74, 6) is 1.09. The molecule has 0 aliphatic heterocycles. The molecule has 5 rings (SSSR count). The standard InChI is InChI=1S/C23H26N6OS/c1-28(23(15-24)11-5-2-6-12-23)20(30)14-31-22-27-26-21(29(22)16-9-10-16)18-13-25-19-8-4-3-7-17(18)19/h3-4,7-8,13,16,25H,2,5-6,9-12,14H2,1H3. The molecule has 0 radical (unpaired) electrons. The van der Waals surface area contributed by atoms with Crippen LogP contribution in [0.1, 0.15) is 51.0 Å². The van der Waals surface area contributed by atoms with Crippen LogP contribution < -0.4 is 0 Å². The van der Waals surface area contributed by atoms with Gasteiger partial charge in [-0.1, -0.05) is 49.2 Å². The van der Waals surface area contributed by atoms with Gasteiger partial charge < -0.3 is 9.88 Å². The van der Waals surface area contributed by atoms with Crippen LogP contribution in [0, 0.1) is 11.3 Å². The lowest BCUT2D eigenvalue weighted by atomic mass is 9.81. The smallest absolute Gasteiger partial charge is 0.234 e. The van der Waals surface area contributed by atoms with E-state index in [0.717, 1.165) is 72.4 Å². The number of thioether (sulfide) groups is 1. The van der Waals surface area contributed by atoms with Crippen molar-refractivity contribution < 1.29 is 4.79 Å². The number of nitrogens with one attached hydrogen (secondary N) is 1. The van der Waals surface area contributed by atoms with E-state index in [2.05, 4.69) is 38.0 Å². The number of carbonyl (C=O) groups is 1. The van der Waals surface area contributed by atoms with Crippen LogP contribution in [-0.2, 0) is 4.79 Å². The van der Waals surface area contributed by atoms with E-state index in [1.54, 1.807) is 11.9 Å². The maximum atomic E-state index is 13.0. The number of aromatic nitrogens is 4. The third-order valence-corrected chi connectivity index (χ3v) is 7.56. The Morgan fingerprint density at radius 3 is 2.81 bits per heavy atom. The first-order valence-corrected chi connectivity index (χ1v) is 11.9. The number of para-hydroxylation sites is 1. The molecule has 8 heteroatoms. The van der Waals surface area contributed by atoms with Crippen LogP contribution in [-0.4, -0.2) is 48.9 Å². The highest BCUT2D eigenvalue weighted by atomic mass is 32.2. The van der Waals surface area contributed by atoms with Gasteiger partial charge in [-0.3, -0.25) is 9.36 Å². The largest absolute Gasteiger partial charge is 0.360 e. The summed E-state index contributed by atoms with van der Waals surface area (Å²) in [6, 6.07) is 11.0. The van der Waals surface area contributed by atoms with E-state index in [0.29, 0.717) is 6.04 Å². The third-order valence-electron chi connectivity index (χ3n) is 6.64. The molecule has 160 valence electrons. The van der Waals surface area contributed by atoms with E-state index in [4.69, 9.17) is 0 Å². The van der Waals surface area contributed by atoms with Crippen molar-refractivity contribution in [1.82, 2.24) is 24.6 Å². The molecule has 0 unspecified atom stereocenters. The molecule has 31 heavy (non-hydrogen) atoms. The number of amides is 1. The van der Waals surface area contributed by atoms with E-state index in [1.807, 2.05) is 18.3 Å². The van der Waals surface area contributed by atoms with Crippen LogP contribution in [0.15, 0.2) is 35.6 Å². The Labute approximate surface area is 185 Å². The molecule has 0 bridgehead atoms. The minimum absolute atomic E-state index is 0.0209. The summed E-state index contributed by atoms with van der Waals surface area (Å²) < 4.78 is 2.19. The Hall–Kier alpha value is -2.79. The number of hydrogen-bond acceptors (Lipinski definition) is 5. The number of nitrogens with zero attached hydrogens (tertiary/aromatic N) is 5. The lowest BCUT2D eigenvalue weighted by Gasteiger charge is -2.39. The van der Waals surface area contributed by atoms with E-state index >= 15 is 0 Å². The van der Waals surface area contributed by atoms with Crippen molar-refractivity contribution in [3.63, 3.8) is 0 Å². The minimum atomic E-state index is -0.657. The Bertz CT molecular complexity index is 1150. The first-order valence-electron chi connectivity index (χ1n) is 10.9. The summed E-state index contributed by atoms with van der Waals surface area (Å²) in [7, 11) is 1.78. The SMILES string of the molecule is CN(C(=O)CSc1nnc(-c2c[nH]c3ccccc23)n1C1CC1)C1(C#N)CCCCC1. The van der Waals surface area contributed by atoms with Crippen LogP contribution in [0.2, 0.25) is 0 Å². The van der Waals surface area contributed by atoms with Gasteiger partial charge in [0.25, 0.3) is 0 Å². The van der Waals surface area contributed by atoms with E-state index in [-0.39, 0.29) is 11.7 Å². The van der Waals surface area contributed by atoms with Crippen molar-refractivity contribution in [2.45, 2.75) is 61.7 Å². The summed E-state index contributed by atoms with van der Waals surface area (Å²) in [5, 5.41) is 20.6. The summed E-state index contributed by atoms with van der Waals surface area (Å²) in [5.41, 5.74) is 1.45. The third kappa shape index (κ3) is 3.61. The Kier molecular flexibility index (Phi) is 5.22. The minimum Gasteiger partial charge on any atom is -0.360 e. The molecule has 3 aromatic rings. The molecule has 1 aromatic carbocycles. The second-order valence-electron chi connectivity index (χ2n) is 8.60. The zero-order chi connectivity index (χ0) is 21.4. The van der Waals surface area contributed by atoms with E-state index in [9.17, 15) is 10.1 Å². The zero-order valence-corrected chi connectivity index (χ0v) is 18.5. The van der Waals surface area contributed by atoms with Gasteiger partial charge in [0.1, 0.15) is 5.54 Å². The average molecular weight is 435 g/mol. The number of hydrogen-bond donors (Lipinski definition) is 1. The highest BCUT2D eigenvalue weighted by molar-refractivity contribution is 7.99. The van der Waals surface area contributed by atoms with Gasteiger partial charge in [0.05, 0.1) is 11.8 Å². The second-order valence-corrected chi connectivity index (χ2v) is 9.54. The number of benzene rings is 1. The molecule has 1 N–H and O–H groups in total. The van der Waals surface area contributed by atoms with Crippen LogP contribution in [0.3, 0.4) is 0 Å². The van der Waals surface area contributed by atoms with Crippen LogP contribution in [0.25, 0.3) is 22.3 Å². The number of nitriles is 1. The summed E-state index contributed by atoms with van der Waals surface area (Å²) in [6.45, 7) is 0. The Morgan fingerprint density at radius 1 is 1.29 bits per heavy atom. The number of rotatable bonds is 6. The van der Waals surface area contributed by atoms with E-state index in [1.165, 1.54) is 11.8 Å². The number of carbonyl (C=O) groups excluding carboxylic acids is 1. The maximum absolute atomic E-state index is 13.0. The molecule has 2 fully saturated rings. The molecule has 1 amide bonds. The van der Waals surface area contributed by atoms with Crippen molar-refractivity contribution in [2.75, 3.05) is 12.8 Å². The molecule has 0 atom stereocenters. The van der Waals surface area contributed by atoms with Crippen LogP contribution >= 0.6 is 11.8 Å². The van der Waals surface area contributed by atoms with Gasteiger partial charge in [-0.2, -0.15) is 5.26 Å². The predicted molar refractivity (Wildman–Crippen MR) is 121 cm³/mol. The first kappa shape index (κ1) is 20.1.